The van der Waals surface area contributed by atoms with Gasteiger partial charge in [0.2, 0.25) is 0 Å². The van der Waals surface area contributed by atoms with Crippen LogP contribution in [0, 0.1) is 0 Å². The zero-order chi connectivity index (χ0) is 28.7. The first kappa shape index (κ1) is 30.4. The monoisotopic (exact) mass is 590 g/mol. The van der Waals surface area contributed by atoms with E-state index in [1.807, 2.05) is 72.8 Å². The third kappa shape index (κ3) is 5.78. The Kier molecular flexibility index (Phi) is 8.69. The standard InChI is InChI=1S/2C16H12O3S.Mg/c2*1-2-11-7-9-14-13-6-4-3-5-12(13)8-10-15(14)16(11)20(17,18)19;/h2*2-10H,1H2,(H,17,18,19);/q;;+2/p-2. The molecular formula is C32H22MgO6S2. The first-order valence-electron chi connectivity index (χ1n) is 12.1. The maximum absolute atomic E-state index is 11.6. The van der Waals surface area contributed by atoms with Gasteiger partial charge >= 0.3 is 23.1 Å². The Bertz CT molecular complexity index is 2050. The first-order valence-corrected chi connectivity index (χ1v) is 14.9. The Balaban J connectivity index is 0.000000184. The van der Waals surface area contributed by atoms with Gasteiger partial charge in [-0.2, -0.15) is 0 Å². The molecule has 0 atom stereocenters. The van der Waals surface area contributed by atoms with Crippen molar-refractivity contribution >= 4 is 98.5 Å². The number of fused-ring (bicyclic) bond motifs is 6. The summed E-state index contributed by atoms with van der Waals surface area (Å²) in [7, 11) is -9.12. The van der Waals surface area contributed by atoms with Crippen LogP contribution >= 0.6 is 0 Å². The van der Waals surface area contributed by atoms with Crippen LogP contribution in [0.15, 0.2) is 120 Å². The van der Waals surface area contributed by atoms with Crippen molar-refractivity contribution in [2.75, 3.05) is 0 Å². The molecule has 0 fully saturated rings. The fraction of sp³-hybridized carbons (Fsp3) is 0. The van der Waals surface area contributed by atoms with Crippen molar-refractivity contribution < 1.29 is 25.9 Å². The van der Waals surface area contributed by atoms with E-state index in [4.69, 9.17) is 0 Å². The van der Waals surface area contributed by atoms with Crippen molar-refractivity contribution in [1.29, 1.82) is 0 Å². The predicted molar refractivity (Wildman–Crippen MR) is 165 cm³/mol. The first-order chi connectivity index (χ1) is 19.0. The molecule has 0 aliphatic rings. The van der Waals surface area contributed by atoms with Crippen LogP contribution < -0.4 is 0 Å². The summed E-state index contributed by atoms with van der Waals surface area (Å²) in [6.45, 7) is 7.14. The maximum Gasteiger partial charge on any atom is 2.00 e. The zero-order valence-electron chi connectivity index (χ0n) is 21.8. The van der Waals surface area contributed by atoms with Crippen molar-refractivity contribution in [2.45, 2.75) is 9.79 Å². The summed E-state index contributed by atoms with van der Waals surface area (Å²) in [4.78, 5) is -0.397. The van der Waals surface area contributed by atoms with Gasteiger partial charge < -0.3 is 9.11 Å². The molecule has 0 radical (unpaired) electrons. The van der Waals surface area contributed by atoms with Crippen LogP contribution in [0.5, 0.6) is 0 Å². The second-order valence-electron chi connectivity index (χ2n) is 9.05. The van der Waals surface area contributed by atoms with E-state index in [1.54, 1.807) is 24.3 Å². The third-order valence-corrected chi connectivity index (χ3v) is 8.67. The summed E-state index contributed by atoms with van der Waals surface area (Å²) in [5, 5.41) is 6.23. The smallest absolute Gasteiger partial charge is 0.744 e. The van der Waals surface area contributed by atoms with Gasteiger partial charge in [-0.1, -0.05) is 122 Å². The molecule has 0 aliphatic heterocycles. The molecule has 0 saturated heterocycles. The number of hydrogen-bond acceptors (Lipinski definition) is 6. The summed E-state index contributed by atoms with van der Waals surface area (Å²) in [5.74, 6) is 0. The summed E-state index contributed by atoms with van der Waals surface area (Å²) < 4.78 is 69.4. The Morgan fingerprint density at radius 1 is 0.463 bits per heavy atom. The van der Waals surface area contributed by atoms with Crippen LogP contribution in [0.25, 0.3) is 55.2 Å². The van der Waals surface area contributed by atoms with Crippen molar-refractivity contribution in [3.05, 3.63) is 121 Å². The van der Waals surface area contributed by atoms with E-state index in [2.05, 4.69) is 13.2 Å². The Hall–Kier alpha value is -3.57. The second kappa shape index (κ2) is 11.7. The molecule has 6 aromatic rings. The average Bonchev–Trinajstić information content (AvgIpc) is 2.94. The van der Waals surface area contributed by atoms with Gasteiger partial charge in [-0.05, 0) is 43.4 Å². The topological polar surface area (TPSA) is 114 Å². The van der Waals surface area contributed by atoms with E-state index >= 15 is 0 Å². The molecule has 6 nitrogen and oxygen atoms in total. The minimum Gasteiger partial charge on any atom is -0.744 e. The van der Waals surface area contributed by atoms with Crippen molar-refractivity contribution in [1.82, 2.24) is 0 Å². The van der Waals surface area contributed by atoms with E-state index in [9.17, 15) is 25.9 Å². The SMILES string of the molecule is C=Cc1ccc2c(ccc3ccccc32)c1S(=O)(=O)[O-].C=Cc1ccc2c(ccc3ccccc32)c1S(=O)(=O)[O-].[Mg+2]. The average molecular weight is 591 g/mol. The van der Waals surface area contributed by atoms with Crippen LogP contribution in [0.2, 0.25) is 0 Å². The second-order valence-corrected chi connectivity index (χ2v) is 11.7. The third-order valence-electron chi connectivity index (χ3n) is 6.75. The van der Waals surface area contributed by atoms with Crippen LogP contribution in [-0.2, 0) is 20.2 Å². The fourth-order valence-corrected chi connectivity index (χ4v) is 6.81. The minimum absolute atomic E-state index is 0. The zero-order valence-corrected chi connectivity index (χ0v) is 24.8. The molecule has 0 N–H and O–H groups in total. The van der Waals surface area contributed by atoms with Crippen LogP contribution in [-0.4, -0.2) is 49.0 Å². The molecule has 41 heavy (non-hydrogen) atoms. The van der Waals surface area contributed by atoms with Gasteiger partial charge in [0.15, 0.2) is 0 Å². The quantitative estimate of drug-likeness (QED) is 0.128. The molecule has 9 heteroatoms. The van der Waals surface area contributed by atoms with Crippen LogP contribution in [0.1, 0.15) is 11.1 Å². The van der Waals surface area contributed by atoms with Crippen LogP contribution in [0.3, 0.4) is 0 Å². The number of benzene rings is 6. The van der Waals surface area contributed by atoms with E-state index in [0.717, 1.165) is 32.3 Å². The molecule has 6 aromatic carbocycles. The van der Waals surface area contributed by atoms with Gasteiger partial charge in [0, 0.05) is 10.8 Å². The molecule has 0 heterocycles. The fourth-order valence-electron chi connectivity index (χ4n) is 5.03. The molecule has 0 aromatic heterocycles. The van der Waals surface area contributed by atoms with Crippen molar-refractivity contribution in [3.63, 3.8) is 0 Å². The van der Waals surface area contributed by atoms with Gasteiger partial charge in [-0.15, -0.1) is 0 Å². The van der Waals surface area contributed by atoms with Crippen LogP contribution in [0.4, 0.5) is 0 Å². The number of hydrogen-bond donors (Lipinski definition) is 0. The van der Waals surface area contributed by atoms with E-state index in [0.29, 0.717) is 21.9 Å². The summed E-state index contributed by atoms with van der Waals surface area (Å²) in [6, 6.07) is 29.2. The van der Waals surface area contributed by atoms with E-state index in [1.165, 1.54) is 12.2 Å². The van der Waals surface area contributed by atoms with E-state index < -0.39 is 20.2 Å². The number of rotatable bonds is 4. The normalized spacial score (nSPS) is 11.6. The minimum atomic E-state index is -4.56. The van der Waals surface area contributed by atoms with E-state index in [-0.39, 0.29) is 32.8 Å². The Morgan fingerprint density at radius 2 is 0.805 bits per heavy atom. The van der Waals surface area contributed by atoms with Gasteiger partial charge in [0.1, 0.15) is 20.2 Å². The predicted octanol–water partition coefficient (Wildman–Crippen LogP) is 6.70. The molecule has 200 valence electrons. The van der Waals surface area contributed by atoms with Gasteiger partial charge in [-0.3, -0.25) is 0 Å². The molecule has 6 rings (SSSR count). The van der Waals surface area contributed by atoms with Gasteiger partial charge in [0.25, 0.3) is 0 Å². The van der Waals surface area contributed by atoms with Crippen molar-refractivity contribution in [2.24, 2.45) is 0 Å². The Morgan fingerprint density at radius 3 is 1.15 bits per heavy atom. The molecule has 0 spiro atoms. The molecule has 0 aliphatic carbocycles. The molecule has 0 unspecified atom stereocenters. The molecule has 0 amide bonds. The van der Waals surface area contributed by atoms with Gasteiger partial charge in [0.05, 0.1) is 9.79 Å². The van der Waals surface area contributed by atoms with Crippen molar-refractivity contribution in [3.8, 4) is 0 Å². The molecule has 0 saturated carbocycles. The molecule has 0 bridgehead atoms. The summed E-state index contributed by atoms with van der Waals surface area (Å²) >= 11 is 0. The Labute approximate surface area is 254 Å². The maximum atomic E-state index is 11.6. The largest absolute Gasteiger partial charge is 2.00 e. The summed E-state index contributed by atoms with van der Waals surface area (Å²) in [6.07, 6.45) is 2.78. The molecular weight excluding hydrogens is 569 g/mol. The summed E-state index contributed by atoms with van der Waals surface area (Å²) in [5.41, 5.74) is 0.672. The van der Waals surface area contributed by atoms with Gasteiger partial charge in [-0.25, -0.2) is 16.8 Å².